The van der Waals surface area contributed by atoms with Crippen LogP contribution in [0.1, 0.15) is 12.5 Å². The molecule has 0 amide bonds. The fourth-order valence-electron chi connectivity index (χ4n) is 1.04. The van der Waals surface area contributed by atoms with E-state index in [2.05, 4.69) is 38.8 Å². The van der Waals surface area contributed by atoms with Crippen molar-refractivity contribution < 1.29 is 4.39 Å². The lowest BCUT2D eigenvalue weighted by atomic mass is 9.87. The Hall–Kier alpha value is 0.110. The zero-order valence-electron chi connectivity index (χ0n) is 7.36. The maximum absolute atomic E-state index is 12.7. The van der Waals surface area contributed by atoms with Gasteiger partial charge in [0.2, 0.25) is 0 Å². The third-order valence-corrected chi connectivity index (χ3v) is 4.61. The van der Waals surface area contributed by atoms with Gasteiger partial charge in [-0.05, 0) is 17.7 Å². The molecule has 0 aromatic heterocycles. The van der Waals surface area contributed by atoms with Crippen LogP contribution in [0.4, 0.5) is 4.39 Å². The van der Waals surface area contributed by atoms with E-state index in [0.717, 1.165) is 16.2 Å². The third kappa shape index (κ3) is 2.53. The van der Waals surface area contributed by atoms with Gasteiger partial charge in [0.05, 0.1) is 0 Å². The number of halogens is 3. The highest BCUT2D eigenvalue weighted by atomic mass is 79.9. The molecule has 0 spiro atoms. The Morgan fingerprint density at radius 2 is 1.62 bits per heavy atom. The summed E-state index contributed by atoms with van der Waals surface area (Å²) in [5.41, 5.74) is 1.18. The second-order valence-electron chi connectivity index (χ2n) is 3.33. The molecule has 72 valence electrons. The van der Waals surface area contributed by atoms with Crippen molar-refractivity contribution in [2.45, 2.75) is 12.3 Å². The maximum Gasteiger partial charge on any atom is 0.123 e. The molecule has 0 aliphatic rings. The van der Waals surface area contributed by atoms with E-state index in [1.165, 1.54) is 12.1 Å². The minimum atomic E-state index is -0.185. The third-order valence-electron chi connectivity index (χ3n) is 2.13. The van der Waals surface area contributed by atoms with Crippen LogP contribution in [-0.2, 0) is 5.41 Å². The average Bonchev–Trinajstić information content (AvgIpc) is 2.18. The van der Waals surface area contributed by atoms with Gasteiger partial charge in [-0.1, -0.05) is 50.9 Å². The molecule has 3 heteroatoms. The van der Waals surface area contributed by atoms with E-state index in [4.69, 9.17) is 0 Å². The van der Waals surface area contributed by atoms with E-state index in [0.29, 0.717) is 0 Å². The van der Waals surface area contributed by atoms with Crippen molar-refractivity contribution in [3.05, 3.63) is 35.6 Å². The summed E-state index contributed by atoms with van der Waals surface area (Å²) >= 11 is 6.93. The summed E-state index contributed by atoms with van der Waals surface area (Å²) in [4.78, 5) is 0. The highest BCUT2D eigenvalue weighted by Crippen LogP contribution is 2.28. The summed E-state index contributed by atoms with van der Waals surface area (Å²) in [5, 5.41) is 1.72. The van der Waals surface area contributed by atoms with Crippen LogP contribution in [0, 0.1) is 5.82 Å². The first kappa shape index (κ1) is 11.2. The highest BCUT2D eigenvalue weighted by Gasteiger charge is 2.23. The molecular formula is C10H11Br2F. The van der Waals surface area contributed by atoms with E-state index in [9.17, 15) is 4.39 Å². The molecule has 0 bridgehead atoms. The SMILES string of the molecule is CC(CBr)(CBr)c1ccc(F)cc1. The van der Waals surface area contributed by atoms with Crippen LogP contribution >= 0.6 is 31.9 Å². The summed E-state index contributed by atoms with van der Waals surface area (Å²) in [6.07, 6.45) is 0. The number of benzene rings is 1. The van der Waals surface area contributed by atoms with Gasteiger partial charge in [0.25, 0.3) is 0 Å². The van der Waals surface area contributed by atoms with Crippen LogP contribution in [0.25, 0.3) is 0 Å². The largest absolute Gasteiger partial charge is 0.207 e. The second-order valence-corrected chi connectivity index (χ2v) is 4.46. The van der Waals surface area contributed by atoms with E-state index >= 15 is 0 Å². The van der Waals surface area contributed by atoms with Crippen LogP contribution < -0.4 is 0 Å². The Kier molecular flexibility index (Phi) is 3.92. The van der Waals surface area contributed by atoms with Crippen molar-refractivity contribution in [1.82, 2.24) is 0 Å². The van der Waals surface area contributed by atoms with E-state index in [-0.39, 0.29) is 11.2 Å². The molecule has 0 saturated carbocycles. The first-order valence-corrected chi connectivity index (χ1v) is 6.24. The van der Waals surface area contributed by atoms with Crippen molar-refractivity contribution in [3.8, 4) is 0 Å². The lowest BCUT2D eigenvalue weighted by molar-refractivity contribution is 0.606. The summed E-state index contributed by atoms with van der Waals surface area (Å²) in [5.74, 6) is -0.185. The van der Waals surface area contributed by atoms with Crippen LogP contribution in [0.2, 0.25) is 0 Å². The van der Waals surface area contributed by atoms with Crippen LogP contribution in [0.15, 0.2) is 24.3 Å². The first-order valence-electron chi connectivity index (χ1n) is 4.00. The molecule has 0 nitrogen and oxygen atoms in total. The molecular weight excluding hydrogens is 299 g/mol. The smallest absolute Gasteiger partial charge is 0.123 e. The predicted octanol–water partition coefficient (Wildman–Crippen LogP) is 3.87. The lowest BCUT2D eigenvalue weighted by Crippen LogP contribution is -2.25. The van der Waals surface area contributed by atoms with Gasteiger partial charge < -0.3 is 0 Å². The quantitative estimate of drug-likeness (QED) is 0.744. The number of hydrogen-bond donors (Lipinski definition) is 0. The molecule has 0 N–H and O–H groups in total. The molecule has 1 aromatic rings. The average molecular weight is 310 g/mol. The van der Waals surface area contributed by atoms with Crippen LogP contribution in [0.3, 0.4) is 0 Å². The Morgan fingerprint density at radius 1 is 1.15 bits per heavy atom. The second kappa shape index (κ2) is 4.56. The van der Waals surface area contributed by atoms with Crippen molar-refractivity contribution in [2.24, 2.45) is 0 Å². The Labute approximate surface area is 94.8 Å². The molecule has 0 fully saturated rings. The molecule has 0 heterocycles. The van der Waals surface area contributed by atoms with E-state index in [1.54, 1.807) is 0 Å². The molecule has 0 saturated heterocycles. The Bertz CT molecular complexity index is 265. The van der Waals surface area contributed by atoms with Gasteiger partial charge in [-0.2, -0.15) is 0 Å². The molecule has 0 unspecified atom stereocenters. The van der Waals surface area contributed by atoms with Gasteiger partial charge in [-0.3, -0.25) is 0 Å². The van der Waals surface area contributed by atoms with Gasteiger partial charge in [0, 0.05) is 16.1 Å². The lowest BCUT2D eigenvalue weighted by Gasteiger charge is -2.25. The Balaban J connectivity index is 2.99. The van der Waals surface area contributed by atoms with Crippen molar-refractivity contribution in [3.63, 3.8) is 0 Å². The van der Waals surface area contributed by atoms with Crippen molar-refractivity contribution >= 4 is 31.9 Å². The molecule has 1 rings (SSSR count). The molecule has 0 atom stereocenters. The van der Waals surface area contributed by atoms with E-state index < -0.39 is 0 Å². The summed E-state index contributed by atoms with van der Waals surface area (Å²) < 4.78 is 12.7. The number of rotatable bonds is 3. The number of hydrogen-bond acceptors (Lipinski definition) is 0. The normalized spacial score (nSPS) is 11.7. The molecule has 0 aliphatic carbocycles. The summed E-state index contributed by atoms with van der Waals surface area (Å²) in [6.45, 7) is 2.13. The topological polar surface area (TPSA) is 0 Å². The summed E-state index contributed by atoms with van der Waals surface area (Å²) in [7, 11) is 0. The first-order chi connectivity index (χ1) is 6.12. The molecule has 0 radical (unpaired) electrons. The molecule has 0 aliphatic heterocycles. The van der Waals surface area contributed by atoms with Crippen LogP contribution in [-0.4, -0.2) is 10.7 Å². The van der Waals surface area contributed by atoms with E-state index in [1.807, 2.05) is 12.1 Å². The fourth-order valence-corrected chi connectivity index (χ4v) is 2.62. The number of alkyl halides is 2. The summed E-state index contributed by atoms with van der Waals surface area (Å²) in [6, 6.07) is 6.66. The fraction of sp³-hybridized carbons (Fsp3) is 0.400. The monoisotopic (exact) mass is 308 g/mol. The minimum absolute atomic E-state index is 0.0354. The van der Waals surface area contributed by atoms with Crippen molar-refractivity contribution in [1.29, 1.82) is 0 Å². The van der Waals surface area contributed by atoms with Crippen LogP contribution in [0.5, 0.6) is 0 Å². The standard InChI is InChI=1S/C10H11Br2F/c1-10(6-11,7-12)8-2-4-9(13)5-3-8/h2-5H,6-7H2,1H3. The van der Waals surface area contributed by atoms with Gasteiger partial charge in [-0.15, -0.1) is 0 Å². The minimum Gasteiger partial charge on any atom is -0.207 e. The zero-order valence-corrected chi connectivity index (χ0v) is 10.5. The molecule has 13 heavy (non-hydrogen) atoms. The van der Waals surface area contributed by atoms with Gasteiger partial charge in [0.15, 0.2) is 0 Å². The Morgan fingerprint density at radius 3 is 2.00 bits per heavy atom. The zero-order chi connectivity index (χ0) is 9.90. The predicted molar refractivity (Wildman–Crippen MR) is 61.3 cm³/mol. The molecule has 1 aromatic carbocycles. The maximum atomic E-state index is 12.7. The van der Waals surface area contributed by atoms with Gasteiger partial charge >= 0.3 is 0 Å². The van der Waals surface area contributed by atoms with Crippen molar-refractivity contribution in [2.75, 3.05) is 10.7 Å². The van der Waals surface area contributed by atoms with Gasteiger partial charge in [0.1, 0.15) is 5.82 Å². The highest BCUT2D eigenvalue weighted by molar-refractivity contribution is 9.09. The van der Waals surface area contributed by atoms with Gasteiger partial charge in [-0.25, -0.2) is 4.39 Å².